The Balaban J connectivity index is 1.51. The van der Waals surface area contributed by atoms with E-state index in [0.717, 1.165) is 22.8 Å². The molecule has 4 aromatic carbocycles. The summed E-state index contributed by atoms with van der Waals surface area (Å²) >= 11 is 6.04. The molecule has 0 atom stereocenters. The SMILES string of the molecule is O=C(O)COc1cccc(COc2cccc(-c3c(Cc4ccc(Cl)cc4)cnc4c(C(F)(F)F)cccc34)c2)c1. The predicted octanol–water partition coefficient (Wildman–Crippen LogP) is 8.21. The Morgan fingerprint density at radius 1 is 0.854 bits per heavy atom. The fourth-order valence-electron chi connectivity index (χ4n) is 4.57. The molecule has 9 heteroatoms. The second-order valence-corrected chi connectivity index (χ2v) is 9.74. The number of carbonyl (C=O) groups is 1. The summed E-state index contributed by atoms with van der Waals surface area (Å²) in [6.45, 7) is -0.290. The number of aliphatic carboxylic acids is 1. The van der Waals surface area contributed by atoms with Gasteiger partial charge in [0.05, 0.1) is 11.1 Å². The van der Waals surface area contributed by atoms with E-state index in [2.05, 4.69) is 4.98 Å². The summed E-state index contributed by atoms with van der Waals surface area (Å²) in [6.07, 6.45) is -2.63. The molecule has 1 N–H and O–H groups in total. The predicted molar refractivity (Wildman–Crippen MR) is 150 cm³/mol. The Kier molecular flexibility index (Phi) is 8.12. The standard InChI is InChI=1S/C32H23ClF3NO4/c33-24-12-10-20(11-13-24)14-23-17-37-31-27(8-3-9-28(31)32(34,35)36)30(23)22-5-2-7-26(16-22)40-18-21-4-1-6-25(15-21)41-19-29(38)39/h1-13,15-17H,14,18-19H2,(H,38,39). The number of hydrogen-bond donors (Lipinski definition) is 1. The highest BCUT2D eigenvalue weighted by Crippen LogP contribution is 2.39. The zero-order valence-corrected chi connectivity index (χ0v) is 22.2. The minimum Gasteiger partial charge on any atom is -0.489 e. The molecule has 5 aromatic rings. The Morgan fingerprint density at radius 3 is 2.29 bits per heavy atom. The molecule has 0 saturated carbocycles. The Morgan fingerprint density at radius 2 is 1.56 bits per heavy atom. The molecule has 0 amide bonds. The van der Waals surface area contributed by atoms with Crippen LogP contribution in [0.1, 0.15) is 22.3 Å². The monoisotopic (exact) mass is 577 g/mol. The topological polar surface area (TPSA) is 68.7 Å². The van der Waals surface area contributed by atoms with Crippen LogP contribution in [0.3, 0.4) is 0 Å². The number of alkyl halides is 3. The first kappa shape index (κ1) is 28.0. The van der Waals surface area contributed by atoms with Gasteiger partial charge < -0.3 is 14.6 Å². The Bertz CT molecular complexity index is 1700. The van der Waals surface area contributed by atoms with E-state index in [1.807, 2.05) is 24.3 Å². The van der Waals surface area contributed by atoms with Crippen LogP contribution in [-0.4, -0.2) is 22.7 Å². The van der Waals surface area contributed by atoms with Gasteiger partial charge in [0.15, 0.2) is 6.61 Å². The van der Waals surface area contributed by atoms with Crippen LogP contribution in [0, 0.1) is 0 Å². The number of pyridine rings is 1. The van der Waals surface area contributed by atoms with Crippen LogP contribution in [0.25, 0.3) is 22.0 Å². The molecule has 5 rings (SSSR count). The molecule has 0 saturated heterocycles. The van der Waals surface area contributed by atoms with E-state index >= 15 is 0 Å². The van der Waals surface area contributed by atoms with Crippen molar-refractivity contribution < 1.29 is 32.5 Å². The first-order valence-corrected chi connectivity index (χ1v) is 12.9. The van der Waals surface area contributed by atoms with E-state index in [-0.39, 0.29) is 12.1 Å². The number of fused-ring (bicyclic) bond motifs is 1. The summed E-state index contributed by atoms with van der Waals surface area (Å²) in [6, 6.07) is 25.4. The van der Waals surface area contributed by atoms with Crippen LogP contribution in [-0.2, 0) is 24.0 Å². The van der Waals surface area contributed by atoms with Gasteiger partial charge in [-0.05, 0) is 76.7 Å². The highest BCUT2D eigenvalue weighted by Gasteiger charge is 2.33. The molecular formula is C32H23ClF3NO4. The third kappa shape index (κ3) is 6.78. The molecule has 0 fully saturated rings. The van der Waals surface area contributed by atoms with E-state index in [0.29, 0.717) is 39.5 Å². The van der Waals surface area contributed by atoms with Crippen molar-refractivity contribution in [1.82, 2.24) is 4.98 Å². The van der Waals surface area contributed by atoms with Gasteiger partial charge in [-0.1, -0.05) is 60.1 Å². The molecule has 5 nitrogen and oxygen atoms in total. The van der Waals surface area contributed by atoms with Crippen molar-refractivity contribution in [3.63, 3.8) is 0 Å². The van der Waals surface area contributed by atoms with E-state index in [1.54, 1.807) is 54.6 Å². The summed E-state index contributed by atoms with van der Waals surface area (Å²) < 4.78 is 52.9. The maximum Gasteiger partial charge on any atom is 0.418 e. The van der Waals surface area contributed by atoms with Crippen molar-refractivity contribution in [2.45, 2.75) is 19.2 Å². The minimum absolute atomic E-state index is 0.126. The molecule has 0 aliphatic heterocycles. The molecular weight excluding hydrogens is 555 g/mol. The van der Waals surface area contributed by atoms with Crippen LogP contribution in [0.15, 0.2) is 97.2 Å². The molecule has 1 heterocycles. The smallest absolute Gasteiger partial charge is 0.418 e. The fraction of sp³-hybridized carbons (Fsp3) is 0.125. The number of para-hydroxylation sites is 1. The largest absolute Gasteiger partial charge is 0.489 e. The van der Waals surface area contributed by atoms with Crippen molar-refractivity contribution in [2.75, 3.05) is 6.61 Å². The summed E-state index contributed by atoms with van der Waals surface area (Å²) in [7, 11) is 0. The van der Waals surface area contributed by atoms with Gasteiger partial charge in [0.25, 0.3) is 0 Å². The first-order valence-electron chi connectivity index (χ1n) is 12.6. The van der Waals surface area contributed by atoms with Gasteiger partial charge in [-0.25, -0.2) is 4.79 Å². The quantitative estimate of drug-likeness (QED) is 0.191. The fourth-order valence-corrected chi connectivity index (χ4v) is 4.69. The Labute approximate surface area is 238 Å². The number of carboxylic acids is 1. The Hall–Kier alpha value is -4.56. The summed E-state index contributed by atoms with van der Waals surface area (Å²) in [5, 5.41) is 9.80. The second kappa shape index (κ2) is 11.9. The van der Waals surface area contributed by atoms with Crippen molar-refractivity contribution in [3.8, 4) is 22.6 Å². The first-order chi connectivity index (χ1) is 19.7. The molecule has 1 aromatic heterocycles. The molecule has 0 aliphatic rings. The molecule has 0 spiro atoms. The van der Waals surface area contributed by atoms with Gasteiger partial charge >= 0.3 is 12.1 Å². The average molecular weight is 578 g/mol. The average Bonchev–Trinajstić information content (AvgIpc) is 2.95. The second-order valence-electron chi connectivity index (χ2n) is 9.31. The van der Waals surface area contributed by atoms with E-state index in [4.69, 9.17) is 26.2 Å². The molecule has 0 bridgehead atoms. The maximum absolute atomic E-state index is 13.9. The lowest BCUT2D eigenvalue weighted by Gasteiger charge is -2.17. The van der Waals surface area contributed by atoms with Gasteiger partial charge in [-0.2, -0.15) is 13.2 Å². The van der Waals surface area contributed by atoms with E-state index < -0.39 is 24.3 Å². The van der Waals surface area contributed by atoms with Gasteiger partial charge in [-0.15, -0.1) is 0 Å². The van der Waals surface area contributed by atoms with Gasteiger partial charge in [0, 0.05) is 16.6 Å². The maximum atomic E-state index is 13.9. The van der Waals surface area contributed by atoms with E-state index in [1.165, 1.54) is 12.3 Å². The van der Waals surface area contributed by atoms with E-state index in [9.17, 15) is 18.0 Å². The number of rotatable bonds is 9. The lowest BCUT2D eigenvalue weighted by atomic mass is 9.92. The third-order valence-corrected chi connectivity index (χ3v) is 6.63. The number of ether oxygens (including phenoxy) is 2. The van der Waals surface area contributed by atoms with Crippen LogP contribution < -0.4 is 9.47 Å². The molecule has 0 unspecified atom stereocenters. The highest BCUT2D eigenvalue weighted by molar-refractivity contribution is 6.30. The molecule has 0 radical (unpaired) electrons. The van der Waals surface area contributed by atoms with Gasteiger partial charge in [0.2, 0.25) is 0 Å². The number of aromatic nitrogens is 1. The van der Waals surface area contributed by atoms with Crippen LogP contribution in [0.2, 0.25) is 5.02 Å². The van der Waals surface area contributed by atoms with Crippen LogP contribution in [0.4, 0.5) is 13.2 Å². The zero-order chi connectivity index (χ0) is 29.0. The number of nitrogens with zero attached hydrogens (tertiary/aromatic N) is 1. The highest BCUT2D eigenvalue weighted by atomic mass is 35.5. The lowest BCUT2D eigenvalue weighted by molar-refractivity contribution is -0.139. The lowest BCUT2D eigenvalue weighted by Crippen LogP contribution is -2.09. The molecule has 41 heavy (non-hydrogen) atoms. The number of hydrogen-bond acceptors (Lipinski definition) is 4. The summed E-state index contributed by atoms with van der Waals surface area (Å²) in [5.74, 6) is -0.170. The normalized spacial score (nSPS) is 11.4. The summed E-state index contributed by atoms with van der Waals surface area (Å²) in [5.41, 5.74) is 2.82. The van der Waals surface area contributed by atoms with Gasteiger partial charge in [0.1, 0.15) is 18.1 Å². The van der Waals surface area contributed by atoms with Crippen molar-refractivity contribution in [2.24, 2.45) is 0 Å². The van der Waals surface area contributed by atoms with Crippen molar-refractivity contribution >= 4 is 28.5 Å². The molecule has 0 aliphatic carbocycles. The summed E-state index contributed by atoms with van der Waals surface area (Å²) in [4.78, 5) is 15.0. The molecule has 208 valence electrons. The number of halogens is 4. The number of carboxylic acid groups (broad SMARTS) is 1. The third-order valence-electron chi connectivity index (χ3n) is 6.38. The van der Waals surface area contributed by atoms with Crippen LogP contribution >= 0.6 is 11.6 Å². The number of benzene rings is 4. The van der Waals surface area contributed by atoms with Crippen molar-refractivity contribution in [3.05, 3.63) is 124 Å². The van der Waals surface area contributed by atoms with Crippen molar-refractivity contribution in [1.29, 1.82) is 0 Å². The van der Waals surface area contributed by atoms with Crippen LogP contribution in [0.5, 0.6) is 11.5 Å². The van der Waals surface area contributed by atoms with Gasteiger partial charge in [-0.3, -0.25) is 4.98 Å². The minimum atomic E-state index is -4.56. The zero-order valence-electron chi connectivity index (χ0n) is 21.5.